The average Bonchev–Trinajstić information content (AvgIpc) is 2.93. The van der Waals surface area contributed by atoms with Gasteiger partial charge in [-0.2, -0.15) is 15.3 Å². The van der Waals surface area contributed by atoms with E-state index in [1.54, 1.807) is 10.7 Å². The second-order valence-corrected chi connectivity index (χ2v) is 5.99. The van der Waals surface area contributed by atoms with Crippen molar-refractivity contribution in [2.75, 3.05) is 5.32 Å². The number of rotatable bonds is 4. The van der Waals surface area contributed by atoms with Crippen molar-refractivity contribution in [2.45, 2.75) is 27.2 Å². The Labute approximate surface area is 151 Å². The van der Waals surface area contributed by atoms with E-state index in [1.165, 1.54) is 6.92 Å². The normalized spacial score (nSPS) is 10.4. The molecule has 2 aromatic heterocycles. The molecule has 3 rings (SSSR count). The van der Waals surface area contributed by atoms with Crippen molar-refractivity contribution < 1.29 is 4.79 Å². The van der Waals surface area contributed by atoms with Crippen molar-refractivity contribution in [2.24, 2.45) is 0 Å². The van der Waals surface area contributed by atoms with Gasteiger partial charge in [-0.1, -0.05) is 18.2 Å². The molecule has 0 unspecified atom stereocenters. The van der Waals surface area contributed by atoms with Gasteiger partial charge in [-0.25, -0.2) is 9.67 Å². The predicted octanol–water partition coefficient (Wildman–Crippen LogP) is 2.97. The van der Waals surface area contributed by atoms with Crippen molar-refractivity contribution in [3.63, 3.8) is 0 Å². The van der Waals surface area contributed by atoms with Gasteiger partial charge in [0.15, 0.2) is 0 Å². The molecule has 7 heteroatoms. The summed E-state index contributed by atoms with van der Waals surface area (Å²) in [5.74, 6) is 0.561. The number of anilines is 1. The molecule has 0 radical (unpaired) electrons. The molecule has 0 spiro atoms. The van der Waals surface area contributed by atoms with Crippen LogP contribution in [0, 0.1) is 25.2 Å². The van der Waals surface area contributed by atoms with Crippen LogP contribution in [0.1, 0.15) is 23.9 Å². The zero-order chi connectivity index (χ0) is 18.7. The van der Waals surface area contributed by atoms with Crippen molar-refractivity contribution in [3.8, 4) is 23.3 Å². The van der Waals surface area contributed by atoms with Gasteiger partial charge in [-0.15, -0.1) is 0 Å². The number of carbonyl (C=O) groups excluding carboxylic acids is 1. The SMILES string of the molecule is CC(=O)Nc1cc(-c2cccc(CC#N)c2)nc(-n2nc(C)cc2C)n1. The molecule has 0 aliphatic carbocycles. The van der Waals surface area contributed by atoms with E-state index in [1.807, 2.05) is 44.2 Å². The number of aryl methyl sites for hydroxylation is 2. The lowest BCUT2D eigenvalue weighted by Crippen LogP contribution is -2.12. The van der Waals surface area contributed by atoms with E-state index in [-0.39, 0.29) is 5.91 Å². The van der Waals surface area contributed by atoms with E-state index in [2.05, 4.69) is 26.5 Å². The molecule has 0 saturated heterocycles. The number of hydrogen-bond donors (Lipinski definition) is 1. The molecular weight excluding hydrogens is 328 g/mol. The molecule has 130 valence electrons. The number of aromatic nitrogens is 4. The molecule has 0 atom stereocenters. The minimum absolute atomic E-state index is 0.216. The second-order valence-electron chi connectivity index (χ2n) is 5.99. The number of carbonyl (C=O) groups is 1. The fraction of sp³-hybridized carbons (Fsp3) is 0.211. The van der Waals surface area contributed by atoms with Crippen molar-refractivity contribution in [1.82, 2.24) is 19.7 Å². The highest BCUT2D eigenvalue weighted by atomic mass is 16.1. The van der Waals surface area contributed by atoms with E-state index < -0.39 is 0 Å². The summed E-state index contributed by atoms with van der Waals surface area (Å²) in [7, 11) is 0. The van der Waals surface area contributed by atoms with Gasteiger partial charge >= 0.3 is 0 Å². The first-order chi connectivity index (χ1) is 12.5. The number of nitriles is 1. The number of amides is 1. The zero-order valence-corrected chi connectivity index (χ0v) is 14.8. The molecule has 1 N–H and O–H groups in total. The van der Waals surface area contributed by atoms with Crippen molar-refractivity contribution in [3.05, 3.63) is 53.3 Å². The molecule has 26 heavy (non-hydrogen) atoms. The standard InChI is InChI=1S/C19H18N6O/c1-12-9-13(2)25(24-12)19-22-17(11-18(23-19)21-14(3)26)16-6-4-5-15(10-16)7-8-20/h4-6,9-11H,7H2,1-3H3,(H,21,22,23,26). The third kappa shape index (κ3) is 3.75. The Morgan fingerprint density at radius 3 is 2.69 bits per heavy atom. The van der Waals surface area contributed by atoms with Gasteiger partial charge in [0.2, 0.25) is 5.91 Å². The largest absolute Gasteiger partial charge is 0.311 e. The van der Waals surface area contributed by atoms with Gasteiger partial charge < -0.3 is 5.32 Å². The fourth-order valence-electron chi connectivity index (χ4n) is 2.68. The van der Waals surface area contributed by atoms with Crippen LogP contribution in [0.25, 0.3) is 17.2 Å². The lowest BCUT2D eigenvalue weighted by atomic mass is 10.1. The highest BCUT2D eigenvalue weighted by Crippen LogP contribution is 2.23. The van der Waals surface area contributed by atoms with Gasteiger partial charge in [0, 0.05) is 24.2 Å². The van der Waals surface area contributed by atoms with E-state index in [0.717, 1.165) is 22.5 Å². The molecule has 0 fully saturated rings. The molecule has 0 bridgehead atoms. The van der Waals surface area contributed by atoms with E-state index in [4.69, 9.17) is 5.26 Å². The van der Waals surface area contributed by atoms with E-state index >= 15 is 0 Å². The molecule has 0 aliphatic rings. The quantitative estimate of drug-likeness (QED) is 0.783. The van der Waals surface area contributed by atoms with Gasteiger partial charge in [-0.05, 0) is 31.5 Å². The topological polar surface area (TPSA) is 96.5 Å². The molecule has 0 aliphatic heterocycles. The van der Waals surface area contributed by atoms with Crippen molar-refractivity contribution in [1.29, 1.82) is 5.26 Å². The van der Waals surface area contributed by atoms with Crippen LogP contribution in [0.15, 0.2) is 36.4 Å². The Morgan fingerprint density at radius 1 is 1.23 bits per heavy atom. The van der Waals surface area contributed by atoms with E-state index in [9.17, 15) is 4.79 Å². The summed E-state index contributed by atoms with van der Waals surface area (Å²) in [6.07, 6.45) is 0.321. The van der Waals surface area contributed by atoms with Gasteiger partial charge in [0.25, 0.3) is 5.95 Å². The number of nitrogens with zero attached hydrogens (tertiary/aromatic N) is 5. The summed E-state index contributed by atoms with van der Waals surface area (Å²) in [4.78, 5) is 20.5. The number of benzene rings is 1. The molecule has 2 heterocycles. The van der Waals surface area contributed by atoms with E-state index in [0.29, 0.717) is 23.9 Å². The summed E-state index contributed by atoms with van der Waals surface area (Å²) < 4.78 is 1.64. The summed E-state index contributed by atoms with van der Waals surface area (Å²) in [5, 5.41) is 16.0. The Balaban J connectivity index is 2.14. The maximum Gasteiger partial charge on any atom is 0.253 e. The smallest absolute Gasteiger partial charge is 0.253 e. The minimum atomic E-state index is -0.216. The van der Waals surface area contributed by atoms with Gasteiger partial charge in [0.1, 0.15) is 5.82 Å². The van der Waals surface area contributed by atoms with Crippen LogP contribution < -0.4 is 5.32 Å². The lowest BCUT2D eigenvalue weighted by Gasteiger charge is -2.10. The first kappa shape index (κ1) is 17.3. The Bertz CT molecular complexity index is 1020. The highest BCUT2D eigenvalue weighted by molar-refractivity contribution is 5.88. The third-order valence-electron chi connectivity index (χ3n) is 3.72. The van der Waals surface area contributed by atoms with Gasteiger partial charge in [-0.3, -0.25) is 4.79 Å². The summed E-state index contributed by atoms with van der Waals surface area (Å²) in [6, 6.07) is 13.4. The molecular formula is C19H18N6O. The monoisotopic (exact) mass is 346 g/mol. The van der Waals surface area contributed by atoms with Crippen LogP contribution in [-0.4, -0.2) is 25.7 Å². The third-order valence-corrected chi connectivity index (χ3v) is 3.72. The van der Waals surface area contributed by atoms with Crippen LogP contribution >= 0.6 is 0 Å². The first-order valence-electron chi connectivity index (χ1n) is 8.13. The average molecular weight is 346 g/mol. The van der Waals surface area contributed by atoms with Crippen molar-refractivity contribution >= 4 is 11.7 Å². The molecule has 1 aromatic carbocycles. The molecule has 3 aromatic rings. The lowest BCUT2D eigenvalue weighted by molar-refractivity contribution is -0.114. The molecule has 7 nitrogen and oxygen atoms in total. The second kappa shape index (κ2) is 7.15. The number of hydrogen-bond acceptors (Lipinski definition) is 5. The van der Waals surface area contributed by atoms with Crippen LogP contribution in [0.3, 0.4) is 0 Å². The summed E-state index contributed by atoms with van der Waals surface area (Å²) >= 11 is 0. The highest BCUT2D eigenvalue weighted by Gasteiger charge is 2.12. The molecule has 1 amide bonds. The minimum Gasteiger partial charge on any atom is -0.311 e. The van der Waals surface area contributed by atoms with Gasteiger partial charge in [0.05, 0.1) is 23.9 Å². The molecule has 0 saturated carbocycles. The fourth-order valence-corrected chi connectivity index (χ4v) is 2.68. The summed E-state index contributed by atoms with van der Waals surface area (Å²) in [6.45, 7) is 5.24. The van der Waals surface area contributed by atoms with Crippen LogP contribution in [0.4, 0.5) is 5.82 Å². The zero-order valence-electron chi connectivity index (χ0n) is 14.8. The Morgan fingerprint density at radius 2 is 2.04 bits per heavy atom. The maximum atomic E-state index is 11.5. The van der Waals surface area contributed by atoms with Crippen LogP contribution in [0.5, 0.6) is 0 Å². The predicted molar refractivity (Wildman–Crippen MR) is 97.7 cm³/mol. The number of nitrogens with one attached hydrogen (secondary N) is 1. The Hall–Kier alpha value is -3.53. The first-order valence-corrected chi connectivity index (χ1v) is 8.13. The maximum absolute atomic E-state index is 11.5. The Kier molecular flexibility index (Phi) is 4.76. The van der Waals surface area contributed by atoms with Crippen LogP contribution in [0.2, 0.25) is 0 Å². The van der Waals surface area contributed by atoms with Crippen LogP contribution in [-0.2, 0) is 11.2 Å². The summed E-state index contributed by atoms with van der Waals surface area (Å²) in [5.41, 5.74) is 4.14.